The summed E-state index contributed by atoms with van der Waals surface area (Å²) in [6, 6.07) is 0. The lowest BCUT2D eigenvalue weighted by Crippen LogP contribution is -2.43. The molecule has 0 aromatic rings. The van der Waals surface area contributed by atoms with Crippen LogP contribution in [0.4, 0.5) is 0 Å². The van der Waals surface area contributed by atoms with Gasteiger partial charge >= 0.3 is 5.97 Å². The summed E-state index contributed by atoms with van der Waals surface area (Å²) in [4.78, 5) is 15.7. The van der Waals surface area contributed by atoms with Crippen LogP contribution in [0.3, 0.4) is 0 Å². The summed E-state index contributed by atoms with van der Waals surface area (Å²) >= 11 is 1.66. The summed E-state index contributed by atoms with van der Waals surface area (Å²) in [5.74, 6) is 0.283. The molecule has 0 N–H and O–H groups in total. The van der Waals surface area contributed by atoms with Crippen molar-refractivity contribution in [1.82, 2.24) is 0 Å². The Bertz CT molecular complexity index is 392. The van der Waals surface area contributed by atoms with Crippen molar-refractivity contribution in [3.63, 3.8) is 0 Å². The van der Waals surface area contributed by atoms with Gasteiger partial charge < -0.3 is 9.47 Å². The maximum Gasteiger partial charge on any atom is 0.302 e. The molecule has 2 heterocycles. The van der Waals surface area contributed by atoms with Crippen molar-refractivity contribution in [2.24, 2.45) is 10.9 Å². The van der Waals surface area contributed by atoms with E-state index >= 15 is 0 Å². The lowest BCUT2D eigenvalue weighted by Gasteiger charge is -2.31. The Morgan fingerprint density at radius 3 is 3.17 bits per heavy atom. The standard InChI is InChI=1S/C13H19NO3S/c1-9(2)7-11-14-13(8-17-10(3)15)5-4-6-16-12(13)18-11/h4-5,9,12H,6-8H2,1-3H3. The lowest BCUT2D eigenvalue weighted by atomic mass is 10.00. The number of esters is 1. The van der Waals surface area contributed by atoms with Gasteiger partial charge in [0.15, 0.2) is 0 Å². The van der Waals surface area contributed by atoms with Gasteiger partial charge in [0.05, 0.1) is 11.7 Å². The van der Waals surface area contributed by atoms with Crippen LogP contribution in [-0.4, -0.2) is 35.2 Å². The molecule has 4 nitrogen and oxygen atoms in total. The van der Waals surface area contributed by atoms with Gasteiger partial charge in [0, 0.05) is 6.92 Å². The molecule has 0 radical (unpaired) electrons. The van der Waals surface area contributed by atoms with Gasteiger partial charge in [0.1, 0.15) is 17.6 Å². The van der Waals surface area contributed by atoms with Crippen LogP contribution < -0.4 is 0 Å². The lowest BCUT2D eigenvalue weighted by molar-refractivity contribution is -0.143. The van der Waals surface area contributed by atoms with Crippen molar-refractivity contribution >= 4 is 22.8 Å². The van der Waals surface area contributed by atoms with E-state index in [-0.39, 0.29) is 18.0 Å². The molecule has 100 valence electrons. The summed E-state index contributed by atoms with van der Waals surface area (Å²) in [6.45, 7) is 6.61. The molecule has 2 atom stereocenters. The minimum atomic E-state index is -0.515. The minimum Gasteiger partial charge on any atom is -0.463 e. The van der Waals surface area contributed by atoms with Crippen molar-refractivity contribution in [1.29, 1.82) is 0 Å². The normalized spacial score (nSPS) is 30.2. The topological polar surface area (TPSA) is 47.9 Å². The average molecular weight is 269 g/mol. The van der Waals surface area contributed by atoms with Gasteiger partial charge in [-0.3, -0.25) is 9.79 Å². The fourth-order valence-corrected chi connectivity index (χ4v) is 3.48. The minimum absolute atomic E-state index is 0.0596. The van der Waals surface area contributed by atoms with Crippen LogP contribution in [0, 0.1) is 5.92 Å². The molecule has 0 saturated carbocycles. The number of rotatable bonds is 4. The van der Waals surface area contributed by atoms with E-state index in [1.165, 1.54) is 6.92 Å². The largest absolute Gasteiger partial charge is 0.463 e. The van der Waals surface area contributed by atoms with E-state index in [9.17, 15) is 4.79 Å². The number of carbonyl (C=O) groups excluding carboxylic acids is 1. The van der Waals surface area contributed by atoms with E-state index in [0.717, 1.165) is 11.5 Å². The fourth-order valence-electron chi connectivity index (χ4n) is 2.03. The van der Waals surface area contributed by atoms with Crippen LogP contribution in [-0.2, 0) is 14.3 Å². The molecular formula is C13H19NO3S. The van der Waals surface area contributed by atoms with Crippen LogP contribution in [0.1, 0.15) is 27.2 Å². The third-order valence-electron chi connectivity index (χ3n) is 2.82. The summed E-state index contributed by atoms with van der Waals surface area (Å²) in [6.07, 6.45) is 4.91. The van der Waals surface area contributed by atoms with Crippen LogP contribution in [0.25, 0.3) is 0 Å². The number of aliphatic imine (C=N–C) groups is 1. The van der Waals surface area contributed by atoms with Crippen LogP contribution in [0.2, 0.25) is 0 Å². The SMILES string of the molecule is CC(=O)OCC12C=CCOC1SC(CC(C)C)=N2. The quantitative estimate of drug-likeness (QED) is 0.581. The Labute approximate surface area is 112 Å². The van der Waals surface area contributed by atoms with Gasteiger partial charge in [-0.05, 0) is 12.3 Å². The summed E-state index contributed by atoms with van der Waals surface area (Å²) in [5, 5.41) is 1.09. The second-order valence-corrected chi connectivity index (χ2v) is 6.20. The number of nitrogens with zero attached hydrogens (tertiary/aromatic N) is 1. The number of thioether (sulfide) groups is 1. The van der Waals surface area contributed by atoms with E-state index < -0.39 is 5.54 Å². The zero-order valence-corrected chi connectivity index (χ0v) is 11.8. The smallest absolute Gasteiger partial charge is 0.302 e. The molecule has 0 amide bonds. The average Bonchev–Trinajstić information content (AvgIpc) is 2.63. The van der Waals surface area contributed by atoms with Crippen molar-refractivity contribution in [3.8, 4) is 0 Å². The van der Waals surface area contributed by atoms with E-state index in [1.54, 1.807) is 11.8 Å². The fraction of sp³-hybridized carbons (Fsp3) is 0.692. The van der Waals surface area contributed by atoms with E-state index in [2.05, 4.69) is 13.8 Å². The van der Waals surface area contributed by atoms with Crippen LogP contribution in [0.15, 0.2) is 17.1 Å². The van der Waals surface area contributed by atoms with Crippen molar-refractivity contribution in [2.75, 3.05) is 13.2 Å². The first-order valence-electron chi connectivity index (χ1n) is 6.20. The molecule has 0 fully saturated rings. The molecule has 2 aliphatic heterocycles. The third kappa shape index (κ3) is 2.95. The molecule has 0 aromatic carbocycles. The molecule has 2 unspecified atom stereocenters. The Morgan fingerprint density at radius 1 is 1.72 bits per heavy atom. The van der Waals surface area contributed by atoms with Gasteiger partial charge in [-0.1, -0.05) is 37.8 Å². The maximum atomic E-state index is 11.0. The molecule has 0 saturated heterocycles. The summed E-state index contributed by atoms with van der Waals surface area (Å²) in [7, 11) is 0. The van der Waals surface area contributed by atoms with Gasteiger partial charge in [0.2, 0.25) is 0 Å². The van der Waals surface area contributed by atoms with Gasteiger partial charge in [-0.2, -0.15) is 0 Å². The van der Waals surface area contributed by atoms with Gasteiger partial charge in [0.25, 0.3) is 0 Å². The molecular weight excluding hydrogens is 250 g/mol. The van der Waals surface area contributed by atoms with Crippen LogP contribution >= 0.6 is 11.8 Å². The first-order valence-corrected chi connectivity index (χ1v) is 7.08. The number of fused-ring (bicyclic) bond motifs is 1. The van der Waals surface area contributed by atoms with Crippen molar-refractivity contribution in [2.45, 2.75) is 38.2 Å². The highest BCUT2D eigenvalue weighted by atomic mass is 32.2. The Morgan fingerprint density at radius 2 is 2.50 bits per heavy atom. The second kappa shape index (κ2) is 5.45. The molecule has 2 aliphatic rings. The van der Waals surface area contributed by atoms with Crippen molar-refractivity contribution in [3.05, 3.63) is 12.2 Å². The molecule has 0 bridgehead atoms. The zero-order valence-electron chi connectivity index (χ0n) is 11.0. The Hall–Kier alpha value is -0.810. The molecule has 0 spiro atoms. The maximum absolute atomic E-state index is 11.0. The number of hydrogen-bond acceptors (Lipinski definition) is 5. The molecule has 0 aliphatic carbocycles. The van der Waals surface area contributed by atoms with E-state index in [4.69, 9.17) is 14.5 Å². The van der Waals surface area contributed by atoms with Crippen molar-refractivity contribution < 1.29 is 14.3 Å². The molecule has 18 heavy (non-hydrogen) atoms. The van der Waals surface area contributed by atoms with Gasteiger partial charge in [-0.15, -0.1) is 0 Å². The van der Waals surface area contributed by atoms with E-state index in [1.807, 2.05) is 12.2 Å². The molecule has 5 heteroatoms. The predicted molar refractivity (Wildman–Crippen MR) is 72.7 cm³/mol. The third-order valence-corrected chi connectivity index (χ3v) is 4.11. The predicted octanol–water partition coefficient (Wildman–Crippen LogP) is 2.39. The highest BCUT2D eigenvalue weighted by Crippen LogP contribution is 2.41. The second-order valence-electron chi connectivity index (χ2n) is 5.06. The molecule has 2 rings (SSSR count). The highest BCUT2D eigenvalue weighted by Gasteiger charge is 2.46. The zero-order chi connectivity index (χ0) is 13.2. The Kier molecular flexibility index (Phi) is 4.12. The van der Waals surface area contributed by atoms with Crippen LogP contribution in [0.5, 0.6) is 0 Å². The first kappa shape index (κ1) is 13.6. The number of ether oxygens (including phenoxy) is 2. The monoisotopic (exact) mass is 269 g/mol. The first-order chi connectivity index (χ1) is 8.52. The number of hydrogen-bond donors (Lipinski definition) is 0. The molecule has 0 aromatic heterocycles. The van der Waals surface area contributed by atoms with Gasteiger partial charge in [-0.25, -0.2) is 0 Å². The summed E-state index contributed by atoms with van der Waals surface area (Å²) < 4.78 is 10.9. The van der Waals surface area contributed by atoms with E-state index in [0.29, 0.717) is 12.5 Å². The number of carbonyl (C=O) groups is 1. The highest BCUT2D eigenvalue weighted by molar-refractivity contribution is 8.14. The Balaban J connectivity index is 2.14. The summed E-state index contributed by atoms with van der Waals surface area (Å²) in [5.41, 5.74) is -0.575.